The summed E-state index contributed by atoms with van der Waals surface area (Å²) in [6, 6.07) is 16.4. The number of Topliss-reactive ketones (excluding diaryl/α,β-unsaturated/α-hetero) is 1. The fourth-order valence-corrected chi connectivity index (χ4v) is 2.39. The Bertz CT molecular complexity index is 673. The molecule has 3 heteroatoms. The van der Waals surface area contributed by atoms with Gasteiger partial charge in [0, 0.05) is 10.6 Å². The second kappa shape index (κ2) is 6.36. The molecule has 0 aromatic heterocycles. The van der Waals surface area contributed by atoms with Gasteiger partial charge < -0.3 is 0 Å². The molecular weight excluding hydrogens is 270 g/mol. The number of aryl methyl sites for hydroxylation is 1. The van der Waals surface area contributed by atoms with Gasteiger partial charge in [-0.25, -0.2) is 0 Å². The Hall–Kier alpha value is -2.11. The zero-order valence-electron chi connectivity index (χ0n) is 11.1. The number of halogens is 1. The van der Waals surface area contributed by atoms with Gasteiger partial charge in [-0.05, 0) is 29.7 Å². The van der Waals surface area contributed by atoms with Crippen LogP contribution >= 0.6 is 11.6 Å². The van der Waals surface area contributed by atoms with Crippen LogP contribution < -0.4 is 0 Å². The standard InChI is InChI=1S/C17H14ClNO/c1-2-12-6-3-4-9-15(12)17(20)16(11-19)13-7-5-8-14(18)10-13/h3-10,16H,2H2,1H3. The molecule has 20 heavy (non-hydrogen) atoms. The lowest BCUT2D eigenvalue weighted by Gasteiger charge is -2.12. The van der Waals surface area contributed by atoms with Crippen LogP contribution in [0.5, 0.6) is 0 Å². The first-order chi connectivity index (χ1) is 9.67. The molecule has 0 saturated carbocycles. The van der Waals surface area contributed by atoms with Gasteiger partial charge in [0.25, 0.3) is 0 Å². The van der Waals surface area contributed by atoms with Crippen molar-refractivity contribution in [1.29, 1.82) is 5.26 Å². The average molecular weight is 284 g/mol. The summed E-state index contributed by atoms with van der Waals surface area (Å²) in [5.41, 5.74) is 2.21. The van der Waals surface area contributed by atoms with Crippen molar-refractivity contribution in [3.8, 4) is 6.07 Å². The highest BCUT2D eigenvalue weighted by molar-refractivity contribution is 6.30. The third-order valence-electron chi connectivity index (χ3n) is 3.24. The normalized spacial score (nSPS) is 11.7. The molecule has 2 rings (SSSR count). The van der Waals surface area contributed by atoms with Crippen LogP contribution in [0.25, 0.3) is 0 Å². The molecule has 0 aliphatic rings. The number of benzene rings is 2. The van der Waals surface area contributed by atoms with E-state index >= 15 is 0 Å². The number of nitrogens with zero attached hydrogens (tertiary/aromatic N) is 1. The van der Waals surface area contributed by atoms with E-state index in [1.165, 1.54) is 0 Å². The minimum Gasteiger partial charge on any atom is -0.292 e. The summed E-state index contributed by atoms with van der Waals surface area (Å²) in [7, 11) is 0. The minimum absolute atomic E-state index is 0.174. The highest BCUT2D eigenvalue weighted by Crippen LogP contribution is 2.24. The number of carbonyl (C=O) groups is 1. The summed E-state index contributed by atoms with van der Waals surface area (Å²) in [6.45, 7) is 1.99. The summed E-state index contributed by atoms with van der Waals surface area (Å²) in [5.74, 6) is -0.992. The summed E-state index contributed by atoms with van der Waals surface area (Å²) >= 11 is 5.93. The molecular formula is C17H14ClNO. The Kier molecular flexibility index (Phi) is 4.55. The van der Waals surface area contributed by atoms with Gasteiger partial charge in [-0.1, -0.05) is 54.9 Å². The second-order valence-corrected chi connectivity index (χ2v) is 4.93. The molecule has 0 radical (unpaired) electrons. The van der Waals surface area contributed by atoms with E-state index in [-0.39, 0.29) is 5.78 Å². The molecule has 2 aromatic rings. The van der Waals surface area contributed by atoms with E-state index < -0.39 is 5.92 Å². The second-order valence-electron chi connectivity index (χ2n) is 4.49. The smallest absolute Gasteiger partial charge is 0.184 e. The Morgan fingerprint density at radius 2 is 2.00 bits per heavy atom. The fraction of sp³-hybridized carbons (Fsp3) is 0.176. The molecule has 0 saturated heterocycles. The highest BCUT2D eigenvalue weighted by atomic mass is 35.5. The number of hydrogen-bond acceptors (Lipinski definition) is 2. The van der Waals surface area contributed by atoms with Crippen molar-refractivity contribution < 1.29 is 4.79 Å². The quantitative estimate of drug-likeness (QED) is 0.781. The summed E-state index contributed by atoms with van der Waals surface area (Å²) < 4.78 is 0. The number of nitriles is 1. The summed E-state index contributed by atoms with van der Waals surface area (Å²) in [4.78, 5) is 12.6. The van der Waals surface area contributed by atoms with Gasteiger partial charge in [0.05, 0.1) is 6.07 Å². The molecule has 0 N–H and O–H groups in total. The maximum Gasteiger partial charge on any atom is 0.184 e. The van der Waals surface area contributed by atoms with E-state index in [0.717, 1.165) is 12.0 Å². The molecule has 0 aliphatic heterocycles. The SMILES string of the molecule is CCc1ccccc1C(=O)C(C#N)c1cccc(Cl)c1. The van der Waals surface area contributed by atoms with E-state index in [0.29, 0.717) is 16.1 Å². The molecule has 0 heterocycles. The van der Waals surface area contributed by atoms with Crippen molar-refractivity contribution in [2.45, 2.75) is 19.3 Å². The highest BCUT2D eigenvalue weighted by Gasteiger charge is 2.23. The molecule has 2 nitrogen and oxygen atoms in total. The van der Waals surface area contributed by atoms with Gasteiger partial charge in [-0.3, -0.25) is 4.79 Å². The van der Waals surface area contributed by atoms with Crippen LogP contribution in [0.3, 0.4) is 0 Å². The number of hydrogen-bond donors (Lipinski definition) is 0. The number of carbonyl (C=O) groups excluding carboxylic acids is 1. The lowest BCUT2D eigenvalue weighted by molar-refractivity contribution is 0.0978. The van der Waals surface area contributed by atoms with Crippen LogP contribution in [0.1, 0.15) is 34.3 Å². The Labute approximate surface area is 123 Å². The van der Waals surface area contributed by atoms with Crippen molar-refractivity contribution in [2.75, 3.05) is 0 Å². The van der Waals surface area contributed by atoms with E-state index in [4.69, 9.17) is 11.6 Å². The Morgan fingerprint density at radius 1 is 1.25 bits per heavy atom. The number of ketones is 1. The molecule has 1 unspecified atom stereocenters. The van der Waals surface area contributed by atoms with Crippen LogP contribution in [0.15, 0.2) is 48.5 Å². The Balaban J connectivity index is 2.42. The largest absolute Gasteiger partial charge is 0.292 e. The van der Waals surface area contributed by atoms with E-state index in [2.05, 4.69) is 6.07 Å². The van der Waals surface area contributed by atoms with Crippen molar-refractivity contribution in [3.05, 3.63) is 70.2 Å². The van der Waals surface area contributed by atoms with Crippen molar-refractivity contribution >= 4 is 17.4 Å². The zero-order chi connectivity index (χ0) is 14.5. The minimum atomic E-state index is -0.818. The van der Waals surface area contributed by atoms with Gasteiger partial charge in [0.15, 0.2) is 5.78 Å². The third kappa shape index (κ3) is 2.89. The van der Waals surface area contributed by atoms with Gasteiger partial charge >= 0.3 is 0 Å². The van der Waals surface area contributed by atoms with Crippen LogP contribution in [-0.4, -0.2) is 5.78 Å². The molecule has 0 bridgehead atoms. The topological polar surface area (TPSA) is 40.9 Å². The van der Waals surface area contributed by atoms with E-state index in [1.807, 2.05) is 25.1 Å². The van der Waals surface area contributed by atoms with Crippen molar-refractivity contribution in [2.24, 2.45) is 0 Å². The number of rotatable bonds is 4. The van der Waals surface area contributed by atoms with Gasteiger partial charge in [0.2, 0.25) is 0 Å². The molecule has 2 aromatic carbocycles. The monoisotopic (exact) mass is 283 g/mol. The lowest BCUT2D eigenvalue weighted by atomic mass is 9.89. The molecule has 0 aliphatic carbocycles. The van der Waals surface area contributed by atoms with Crippen LogP contribution in [0.2, 0.25) is 5.02 Å². The molecule has 100 valence electrons. The van der Waals surface area contributed by atoms with Crippen molar-refractivity contribution in [3.63, 3.8) is 0 Å². The molecule has 0 amide bonds. The van der Waals surface area contributed by atoms with E-state index in [9.17, 15) is 10.1 Å². The third-order valence-corrected chi connectivity index (χ3v) is 3.47. The van der Waals surface area contributed by atoms with Gasteiger partial charge in [0.1, 0.15) is 5.92 Å². The maximum absolute atomic E-state index is 12.6. The summed E-state index contributed by atoms with van der Waals surface area (Å²) in [6.07, 6.45) is 0.760. The predicted molar refractivity (Wildman–Crippen MR) is 80.0 cm³/mol. The summed E-state index contributed by atoms with van der Waals surface area (Å²) in [5, 5.41) is 9.88. The average Bonchev–Trinajstić information content (AvgIpc) is 2.48. The first-order valence-corrected chi connectivity index (χ1v) is 6.82. The van der Waals surface area contributed by atoms with Crippen LogP contribution in [-0.2, 0) is 6.42 Å². The molecule has 0 fully saturated rings. The predicted octanol–water partition coefficient (Wildman–Crippen LogP) is 4.39. The lowest BCUT2D eigenvalue weighted by Crippen LogP contribution is -2.13. The molecule has 1 atom stereocenters. The van der Waals surface area contributed by atoms with Gasteiger partial charge in [-0.15, -0.1) is 0 Å². The molecule has 0 spiro atoms. The van der Waals surface area contributed by atoms with Crippen molar-refractivity contribution in [1.82, 2.24) is 0 Å². The maximum atomic E-state index is 12.6. The first kappa shape index (κ1) is 14.3. The fourth-order valence-electron chi connectivity index (χ4n) is 2.20. The first-order valence-electron chi connectivity index (χ1n) is 6.44. The van der Waals surface area contributed by atoms with Crippen LogP contribution in [0, 0.1) is 11.3 Å². The van der Waals surface area contributed by atoms with E-state index in [1.54, 1.807) is 30.3 Å². The zero-order valence-corrected chi connectivity index (χ0v) is 11.9. The Morgan fingerprint density at radius 3 is 2.65 bits per heavy atom. The van der Waals surface area contributed by atoms with Crippen LogP contribution in [0.4, 0.5) is 0 Å². The van der Waals surface area contributed by atoms with Gasteiger partial charge in [-0.2, -0.15) is 5.26 Å².